The summed E-state index contributed by atoms with van der Waals surface area (Å²) in [5.41, 5.74) is 0.981. The van der Waals surface area contributed by atoms with Crippen molar-refractivity contribution in [2.45, 2.75) is 18.3 Å². The predicted molar refractivity (Wildman–Crippen MR) is 64.0 cm³/mol. The predicted octanol–water partition coefficient (Wildman–Crippen LogP) is 3.16. The third-order valence-electron chi connectivity index (χ3n) is 2.65. The zero-order valence-corrected chi connectivity index (χ0v) is 9.38. The Morgan fingerprint density at radius 1 is 1.40 bits per heavy atom. The van der Waals surface area contributed by atoms with Crippen LogP contribution in [0.25, 0.3) is 11.0 Å². The maximum Gasteiger partial charge on any atom is 0.134 e. The Morgan fingerprint density at radius 2 is 2.27 bits per heavy atom. The van der Waals surface area contributed by atoms with Crippen LogP contribution in [0.1, 0.15) is 18.1 Å². The number of hydrogen-bond acceptors (Lipinski definition) is 3. The van der Waals surface area contributed by atoms with E-state index in [-0.39, 0.29) is 0 Å². The van der Waals surface area contributed by atoms with Gasteiger partial charge in [0, 0.05) is 17.2 Å². The number of fused-ring (bicyclic) bond motifs is 1. The zero-order chi connectivity index (χ0) is 10.3. The van der Waals surface area contributed by atoms with E-state index in [0.717, 1.165) is 17.1 Å². The molecule has 1 aliphatic rings. The summed E-state index contributed by atoms with van der Waals surface area (Å²) in [6.07, 6.45) is 0. The minimum atomic E-state index is 0.326. The molecule has 1 saturated heterocycles. The van der Waals surface area contributed by atoms with Crippen LogP contribution in [0.15, 0.2) is 34.7 Å². The molecule has 0 amide bonds. The second-order valence-corrected chi connectivity index (χ2v) is 5.11. The Labute approximate surface area is 93.0 Å². The van der Waals surface area contributed by atoms with Crippen molar-refractivity contribution in [2.24, 2.45) is 0 Å². The van der Waals surface area contributed by atoms with Crippen LogP contribution in [0.4, 0.5) is 0 Å². The first kappa shape index (κ1) is 9.31. The van der Waals surface area contributed by atoms with Gasteiger partial charge in [-0.1, -0.05) is 18.2 Å². The summed E-state index contributed by atoms with van der Waals surface area (Å²) in [6.45, 7) is 2.20. The van der Waals surface area contributed by atoms with Crippen LogP contribution in [-0.4, -0.2) is 11.8 Å². The number of nitrogens with one attached hydrogen (secondary N) is 1. The molecule has 1 aliphatic heterocycles. The Bertz CT molecular complexity index is 446. The van der Waals surface area contributed by atoms with Crippen molar-refractivity contribution in [1.82, 2.24) is 5.32 Å². The summed E-state index contributed by atoms with van der Waals surface area (Å²) in [5, 5.41) is 5.02. The molecule has 0 spiro atoms. The molecule has 2 unspecified atom stereocenters. The van der Waals surface area contributed by atoms with Crippen LogP contribution in [0.3, 0.4) is 0 Å². The van der Waals surface area contributed by atoms with Gasteiger partial charge in [0.1, 0.15) is 16.7 Å². The van der Waals surface area contributed by atoms with E-state index in [0.29, 0.717) is 11.4 Å². The van der Waals surface area contributed by atoms with Crippen LogP contribution in [-0.2, 0) is 0 Å². The average Bonchev–Trinajstić information content (AvgIpc) is 2.82. The Morgan fingerprint density at radius 3 is 3.00 bits per heavy atom. The van der Waals surface area contributed by atoms with Gasteiger partial charge in [-0.15, -0.1) is 11.8 Å². The van der Waals surface area contributed by atoms with E-state index in [4.69, 9.17) is 4.42 Å². The lowest BCUT2D eigenvalue weighted by Crippen LogP contribution is -2.21. The molecule has 0 aliphatic carbocycles. The van der Waals surface area contributed by atoms with Crippen molar-refractivity contribution in [1.29, 1.82) is 0 Å². The number of thioether (sulfide) groups is 1. The van der Waals surface area contributed by atoms with Crippen LogP contribution < -0.4 is 5.32 Å². The summed E-state index contributed by atoms with van der Waals surface area (Å²) in [6, 6.07) is 10.9. The highest BCUT2D eigenvalue weighted by Gasteiger charge is 2.25. The molecule has 0 saturated carbocycles. The number of hydrogen-bond donors (Lipinski definition) is 1. The molecule has 0 bridgehead atoms. The minimum absolute atomic E-state index is 0.326. The van der Waals surface area contributed by atoms with E-state index in [2.05, 4.69) is 24.4 Å². The molecule has 3 heteroatoms. The van der Waals surface area contributed by atoms with Crippen LogP contribution >= 0.6 is 11.8 Å². The van der Waals surface area contributed by atoms with E-state index < -0.39 is 0 Å². The molecule has 1 aromatic carbocycles. The Kier molecular flexibility index (Phi) is 2.22. The van der Waals surface area contributed by atoms with E-state index in [1.54, 1.807) is 0 Å². The van der Waals surface area contributed by atoms with E-state index in [1.165, 1.54) is 5.39 Å². The van der Waals surface area contributed by atoms with Crippen molar-refractivity contribution in [2.75, 3.05) is 5.75 Å². The highest BCUT2D eigenvalue weighted by Crippen LogP contribution is 2.35. The van der Waals surface area contributed by atoms with E-state index >= 15 is 0 Å². The molecule has 78 valence electrons. The fourth-order valence-corrected chi connectivity index (χ4v) is 3.08. The molecule has 2 nitrogen and oxygen atoms in total. The topological polar surface area (TPSA) is 25.2 Å². The first-order chi connectivity index (χ1) is 7.33. The lowest BCUT2D eigenvalue weighted by atomic mass is 10.2. The van der Waals surface area contributed by atoms with Crippen LogP contribution in [0.5, 0.6) is 0 Å². The van der Waals surface area contributed by atoms with Gasteiger partial charge in [0.15, 0.2) is 0 Å². The van der Waals surface area contributed by atoms with Crippen molar-refractivity contribution in [3.8, 4) is 0 Å². The monoisotopic (exact) mass is 219 g/mol. The number of rotatable bonds is 1. The summed E-state index contributed by atoms with van der Waals surface area (Å²) < 4.78 is 5.82. The molecule has 3 rings (SSSR count). The fourth-order valence-electron chi connectivity index (χ4n) is 1.89. The van der Waals surface area contributed by atoms with Gasteiger partial charge in [-0.2, -0.15) is 0 Å². The summed E-state index contributed by atoms with van der Waals surface area (Å²) in [4.78, 5) is 0. The molecular formula is C12H13NOS. The zero-order valence-electron chi connectivity index (χ0n) is 8.57. The quantitative estimate of drug-likeness (QED) is 0.797. The smallest absolute Gasteiger partial charge is 0.134 e. The fraction of sp³-hybridized carbons (Fsp3) is 0.333. The lowest BCUT2D eigenvalue weighted by molar-refractivity contribution is 0.498. The van der Waals surface area contributed by atoms with E-state index in [9.17, 15) is 0 Å². The second-order valence-electron chi connectivity index (χ2n) is 3.97. The largest absolute Gasteiger partial charge is 0.458 e. The molecule has 1 fully saturated rings. The van der Waals surface area contributed by atoms with Crippen molar-refractivity contribution in [3.05, 3.63) is 36.1 Å². The normalized spacial score (nSPS) is 26.2. The molecular weight excluding hydrogens is 206 g/mol. The maximum absolute atomic E-state index is 5.82. The van der Waals surface area contributed by atoms with Gasteiger partial charge >= 0.3 is 0 Å². The van der Waals surface area contributed by atoms with Crippen molar-refractivity contribution in [3.63, 3.8) is 0 Å². The number of para-hydroxylation sites is 1. The van der Waals surface area contributed by atoms with Gasteiger partial charge in [0.05, 0.1) is 0 Å². The molecule has 1 aromatic heterocycles. The molecule has 1 N–H and O–H groups in total. The summed E-state index contributed by atoms with van der Waals surface area (Å²) in [7, 11) is 0. The third-order valence-corrected chi connectivity index (χ3v) is 4.05. The maximum atomic E-state index is 5.82. The first-order valence-corrected chi connectivity index (χ1v) is 6.24. The Hall–Kier alpha value is -0.930. The standard InChI is InChI=1S/C12H13NOS/c1-8-7-15-12(13-8)11-6-9-4-2-3-5-10(9)14-11/h2-6,8,12-13H,7H2,1H3. The summed E-state index contributed by atoms with van der Waals surface area (Å²) >= 11 is 1.91. The second kappa shape index (κ2) is 3.58. The third kappa shape index (κ3) is 1.66. The number of furan rings is 1. The van der Waals surface area contributed by atoms with Crippen LogP contribution in [0.2, 0.25) is 0 Å². The minimum Gasteiger partial charge on any atom is -0.458 e. The first-order valence-electron chi connectivity index (χ1n) is 5.19. The van der Waals surface area contributed by atoms with Gasteiger partial charge in [0.25, 0.3) is 0 Å². The van der Waals surface area contributed by atoms with Gasteiger partial charge in [-0.05, 0) is 19.1 Å². The molecule has 2 atom stereocenters. The Balaban J connectivity index is 1.98. The van der Waals surface area contributed by atoms with Gasteiger partial charge in [0.2, 0.25) is 0 Å². The average molecular weight is 219 g/mol. The lowest BCUT2D eigenvalue weighted by Gasteiger charge is -2.06. The highest BCUT2D eigenvalue weighted by atomic mass is 32.2. The molecule has 2 aromatic rings. The molecule has 0 radical (unpaired) electrons. The molecule has 2 heterocycles. The van der Waals surface area contributed by atoms with Gasteiger partial charge < -0.3 is 4.42 Å². The SMILES string of the molecule is CC1CSC(c2cc3ccccc3o2)N1. The van der Waals surface area contributed by atoms with Crippen LogP contribution in [0, 0.1) is 0 Å². The number of benzene rings is 1. The molecule has 15 heavy (non-hydrogen) atoms. The van der Waals surface area contributed by atoms with Gasteiger partial charge in [-0.3, -0.25) is 5.32 Å². The highest BCUT2D eigenvalue weighted by molar-refractivity contribution is 7.99. The van der Waals surface area contributed by atoms with E-state index in [1.807, 2.05) is 30.0 Å². The van der Waals surface area contributed by atoms with Gasteiger partial charge in [-0.25, -0.2) is 0 Å². The van der Waals surface area contributed by atoms with Crippen molar-refractivity contribution < 1.29 is 4.42 Å². The summed E-state index contributed by atoms with van der Waals surface area (Å²) in [5.74, 6) is 2.20. The van der Waals surface area contributed by atoms with Crippen molar-refractivity contribution >= 4 is 22.7 Å².